The molecule has 5 rings (SSSR count). The number of ether oxygens (including phenoxy) is 1. The molecule has 29 heavy (non-hydrogen) atoms. The number of aromatic nitrogens is 1. The molecule has 1 atom stereocenters. The van der Waals surface area contributed by atoms with Crippen LogP contribution >= 0.6 is 0 Å². The molecule has 0 amide bonds. The van der Waals surface area contributed by atoms with Crippen LogP contribution in [0.4, 0.5) is 0 Å². The number of benzene rings is 3. The Morgan fingerprint density at radius 3 is 2.28 bits per heavy atom. The van der Waals surface area contributed by atoms with Gasteiger partial charge in [0.2, 0.25) is 5.90 Å². The zero-order chi connectivity index (χ0) is 20.0. The summed E-state index contributed by atoms with van der Waals surface area (Å²) < 4.78 is 5.99. The third-order valence-electron chi connectivity index (χ3n) is 5.65. The zero-order valence-corrected chi connectivity index (χ0v) is 17.0. The van der Waals surface area contributed by atoms with Crippen molar-refractivity contribution < 1.29 is 4.74 Å². The molecule has 3 nitrogen and oxygen atoms in total. The summed E-state index contributed by atoms with van der Waals surface area (Å²) in [6, 6.07) is 25.5. The average molecular weight is 380 g/mol. The lowest BCUT2D eigenvalue weighted by atomic mass is 9.88. The van der Waals surface area contributed by atoms with Gasteiger partial charge in [-0.25, -0.2) is 9.98 Å². The lowest BCUT2D eigenvalue weighted by molar-refractivity contribution is 0.235. The normalized spacial score (nSPS) is 16.8. The van der Waals surface area contributed by atoms with Crippen LogP contribution in [0.3, 0.4) is 0 Å². The van der Waals surface area contributed by atoms with E-state index in [1.54, 1.807) is 0 Å². The molecule has 4 aromatic rings. The largest absolute Gasteiger partial charge is 0.474 e. The molecular weight excluding hydrogens is 356 g/mol. The second-order valence-corrected chi connectivity index (χ2v) is 8.73. The molecule has 2 heterocycles. The minimum atomic E-state index is 0.0665. The van der Waals surface area contributed by atoms with E-state index in [0.717, 1.165) is 27.7 Å². The molecule has 1 aliphatic heterocycles. The van der Waals surface area contributed by atoms with E-state index in [1.807, 2.05) is 0 Å². The molecule has 0 saturated heterocycles. The van der Waals surface area contributed by atoms with Gasteiger partial charge in [0.1, 0.15) is 12.3 Å². The van der Waals surface area contributed by atoms with Crippen molar-refractivity contribution in [1.82, 2.24) is 4.98 Å². The van der Waals surface area contributed by atoms with E-state index in [2.05, 4.69) is 93.6 Å². The Kier molecular flexibility index (Phi) is 4.13. The maximum Gasteiger partial charge on any atom is 0.235 e. The Morgan fingerprint density at radius 1 is 0.828 bits per heavy atom. The average Bonchev–Trinajstić information content (AvgIpc) is 3.23. The highest BCUT2D eigenvalue weighted by Gasteiger charge is 2.31. The molecule has 0 saturated carbocycles. The lowest BCUT2D eigenvalue weighted by Gasteiger charge is -2.21. The molecule has 0 unspecified atom stereocenters. The smallest absolute Gasteiger partial charge is 0.235 e. The molecule has 0 radical (unpaired) electrons. The molecular formula is C26H24N2O. The van der Waals surface area contributed by atoms with Gasteiger partial charge in [0.05, 0.1) is 11.7 Å². The van der Waals surface area contributed by atoms with Crippen molar-refractivity contribution in [2.45, 2.75) is 26.8 Å². The Bertz CT molecular complexity index is 1250. The lowest BCUT2D eigenvalue weighted by Crippen LogP contribution is -2.25. The first-order chi connectivity index (χ1) is 14.0. The summed E-state index contributed by atoms with van der Waals surface area (Å²) >= 11 is 0. The van der Waals surface area contributed by atoms with Gasteiger partial charge in [-0.1, -0.05) is 87.5 Å². The van der Waals surface area contributed by atoms with Crippen molar-refractivity contribution in [3.05, 3.63) is 78.5 Å². The van der Waals surface area contributed by atoms with E-state index in [0.29, 0.717) is 12.5 Å². The van der Waals surface area contributed by atoms with Crippen molar-refractivity contribution in [1.29, 1.82) is 0 Å². The maximum absolute atomic E-state index is 5.99. The predicted molar refractivity (Wildman–Crippen MR) is 120 cm³/mol. The number of nitrogens with zero attached hydrogens (tertiary/aromatic N) is 2. The number of hydrogen-bond donors (Lipinski definition) is 0. The summed E-state index contributed by atoms with van der Waals surface area (Å²) in [5.41, 5.74) is 2.97. The highest BCUT2D eigenvalue weighted by molar-refractivity contribution is 6.06. The predicted octanol–water partition coefficient (Wildman–Crippen LogP) is 6.25. The van der Waals surface area contributed by atoms with Gasteiger partial charge >= 0.3 is 0 Å². The van der Waals surface area contributed by atoms with Gasteiger partial charge in [0, 0.05) is 10.9 Å². The monoisotopic (exact) mass is 380 g/mol. The molecule has 0 fully saturated rings. The molecule has 3 heteroatoms. The summed E-state index contributed by atoms with van der Waals surface area (Å²) in [4.78, 5) is 9.93. The minimum absolute atomic E-state index is 0.0665. The van der Waals surface area contributed by atoms with Crippen LogP contribution in [-0.2, 0) is 4.74 Å². The van der Waals surface area contributed by atoms with Gasteiger partial charge < -0.3 is 4.74 Å². The van der Waals surface area contributed by atoms with Crippen LogP contribution in [0.25, 0.3) is 32.8 Å². The van der Waals surface area contributed by atoms with Crippen LogP contribution in [0.15, 0.2) is 77.8 Å². The van der Waals surface area contributed by atoms with Gasteiger partial charge in [0.15, 0.2) is 0 Å². The SMILES string of the molecule is CC(C)(C)[C@H]1COC(c2cc3ccccc3c(-c3cccc4ccccc34)n2)=N1. The standard InChI is InChI=1S/C26H24N2O/c1-26(2,3)23-16-29-25(28-23)22-15-18-10-5-7-13-20(18)24(27-22)21-14-8-11-17-9-4-6-12-19(17)21/h4-15,23H,16H2,1-3H3/t23-/m1/s1. The van der Waals surface area contributed by atoms with Gasteiger partial charge in [-0.3, -0.25) is 0 Å². The van der Waals surface area contributed by atoms with Gasteiger partial charge in [0.25, 0.3) is 0 Å². The Hall–Kier alpha value is -3.20. The first-order valence-electron chi connectivity index (χ1n) is 10.1. The van der Waals surface area contributed by atoms with Crippen molar-refractivity contribution in [2.75, 3.05) is 6.61 Å². The topological polar surface area (TPSA) is 34.5 Å². The highest BCUT2D eigenvalue weighted by Crippen LogP contribution is 2.34. The van der Waals surface area contributed by atoms with E-state index in [1.165, 1.54) is 10.8 Å². The number of fused-ring (bicyclic) bond motifs is 2. The fourth-order valence-corrected chi connectivity index (χ4v) is 3.90. The summed E-state index contributed by atoms with van der Waals surface area (Å²) in [5.74, 6) is 0.650. The second kappa shape index (κ2) is 6.70. The van der Waals surface area contributed by atoms with Crippen molar-refractivity contribution in [3.63, 3.8) is 0 Å². The Labute approximate surface area is 171 Å². The van der Waals surface area contributed by atoms with Crippen molar-refractivity contribution in [2.24, 2.45) is 10.4 Å². The maximum atomic E-state index is 5.99. The quantitative estimate of drug-likeness (QED) is 0.412. The molecule has 1 aliphatic rings. The summed E-state index contributed by atoms with van der Waals surface area (Å²) in [5, 5.41) is 4.69. The van der Waals surface area contributed by atoms with Crippen molar-refractivity contribution in [3.8, 4) is 11.3 Å². The summed E-state index contributed by atoms with van der Waals surface area (Å²) in [6.07, 6.45) is 0. The highest BCUT2D eigenvalue weighted by atomic mass is 16.5. The van der Waals surface area contributed by atoms with E-state index >= 15 is 0 Å². The fourth-order valence-electron chi connectivity index (χ4n) is 3.90. The third kappa shape index (κ3) is 3.17. The minimum Gasteiger partial charge on any atom is -0.474 e. The summed E-state index contributed by atoms with van der Waals surface area (Å²) in [7, 11) is 0. The molecule has 0 spiro atoms. The van der Waals surface area contributed by atoms with Crippen LogP contribution < -0.4 is 0 Å². The van der Waals surface area contributed by atoms with Crippen LogP contribution in [0.5, 0.6) is 0 Å². The number of aliphatic imine (C=N–C) groups is 1. The molecule has 0 aliphatic carbocycles. The fraction of sp³-hybridized carbons (Fsp3) is 0.231. The Balaban J connectivity index is 1.74. The molecule has 1 aromatic heterocycles. The zero-order valence-electron chi connectivity index (χ0n) is 17.0. The number of pyridine rings is 1. The van der Waals surface area contributed by atoms with Gasteiger partial charge in [-0.15, -0.1) is 0 Å². The molecule has 0 bridgehead atoms. The number of rotatable bonds is 2. The molecule has 0 N–H and O–H groups in total. The molecule has 3 aromatic carbocycles. The van der Waals surface area contributed by atoms with Crippen LogP contribution in [0.2, 0.25) is 0 Å². The Morgan fingerprint density at radius 2 is 1.52 bits per heavy atom. The molecule has 144 valence electrons. The van der Waals surface area contributed by atoms with E-state index in [9.17, 15) is 0 Å². The van der Waals surface area contributed by atoms with Gasteiger partial charge in [-0.2, -0.15) is 0 Å². The summed E-state index contributed by atoms with van der Waals surface area (Å²) in [6.45, 7) is 7.20. The second-order valence-electron chi connectivity index (χ2n) is 8.73. The van der Waals surface area contributed by atoms with Crippen LogP contribution in [-0.4, -0.2) is 23.5 Å². The first-order valence-corrected chi connectivity index (χ1v) is 10.1. The van der Waals surface area contributed by atoms with E-state index in [4.69, 9.17) is 14.7 Å². The van der Waals surface area contributed by atoms with Gasteiger partial charge in [-0.05, 0) is 27.6 Å². The van der Waals surface area contributed by atoms with Crippen LogP contribution in [0, 0.1) is 5.41 Å². The first kappa shape index (κ1) is 17.9. The van der Waals surface area contributed by atoms with E-state index in [-0.39, 0.29) is 11.5 Å². The van der Waals surface area contributed by atoms with E-state index < -0.39 is 0 Å². The number of hydrogen-bond acceptors (Lipinski definition) is 3. The van der Waals surface area contributed by atoms with Crippen LogP contribution in [0.1, 0.15) is 26.5 Å². The third-order valence-corrected chi connectivity index (χ3v) is 5.65. The van der Waals surface area contributed by atoms with Crippen molar-refractivity contribution >= 4 is 27.4 Å².